The number of hydrogen-bond acceptors (Lipinski definition) is 6. The van der Waals surface area contributed by atoms with Crippen molar-refractivity contribution >= 4 is 52.1 Å². The average molecular weight is 775 g/mol. The Balaban J connectivity index is 1.10. The van der Waals surface area contributed by atoms with Gasteiger partial charge in [0.15, 0.2) is 5.60 Å². The molecule has 8 rings (SSSR count). The first-order valence-corrected chi connectivity index (χ1v) is 19.9. The maximum absolute atomic E-state index is 14.7. The molecule has 0 aliphatic carbocycles. The van der Waals surface area contributed by atoms with E-state index in [0.29, 0.717) is 49.2 Å². The number of amides is 4. The second kappa shape index (κ2) is 16.2. The highest BCUT2D eigenvalue weighted by Crippen LogP contribution is 2.48. The number of aliphatic hydroxyl groups excluding tert-OH is 1. The zero-order valence-corrected chi connectivity index (χ0v) is 32.5. The number of fused-ring (bicyclic) bond motifs is 3. The number of aliphatic hydroxyl groups is 2. The summed E-state index contributed by atoms with van der Waals surface area (Å²) in [6.45, 7) is 2.23. The molecular formula is C48H46N4O6. The van der Waals surface area contributed by atoms with Gasteiger partial charge in [-0.2, -0.15) is 0 Å². The second-order valence-electron chi connectivity index (χ2n) is 15.2. The van der Waals surface area contributed by atoms with Gasteiger partial charge in [0.05, 0.1) is 30.2 Å². The van der Waals surface area contributed by atoms with E-state index in [4.69, 9.17) is 0 Å². The fourth-order valence-electron chi connectivity index (χ4n) is 8.44. The Hall–Kier alpha value is -6.36. The molecule has 294 valence electrons. The number of para-hydroxylation sites is 2. The molecule has 4 amide bonds. The van der Waals surface area contributed by atoms with E-state index in [-0.39, 0.29) is 43.8 Å². The molecule has 3 heterocycles. The molecule has 3 aliphatic rings. The molecule has 2 atom stereocenters. The van der Waals surface area contributed by atoms with Crippen molar-refractivity contribution in [2.24, 2.45) is 5.92 Å². The maximum Gasteiger partial charge on any atom is 0.264 e. The third-order valence-electron chi connectivity index (χ3n) is 11.5. The van der Waals surface area contributed by atoms with E-state index in [1.54, 1.807) is 50.8 Å². The van der Waals surface area contributed by atoms with Gasteiger partial charge >= 0.3 is 0 Å². The fourth-order valence-corrected chi connectivity index (χ4v) is 8.44. The Kier molecular flexibility index (Phi) is 10.8. The minimum Gasteiger partial charge on any atom is -0.395 e. The number of rotatable bonds is 12. The number of nitrogens with zero attached hydrogens (tertiary/aromatic N) is 4. The molecule has 58 heavy (non-hydrogen) atoms. The highest BCUT2D eigenvalue weighted by Gasteiger charge is 2.53. The molecule has 0 radical (unpaired) electrons. The van der Waals surface area contributed by atoms with Crippen LogP contribution in [-0.4, -0.2) is 51.9 Å². The van der Waals surface area contributed by atoms with Crippen molar-refractivity contribution in [2.45, 2.75) is 57.7 Å². The third-order valence-corrected chi connectivity index (χ3v) is 11.5. The highest BCUT2D eigenvalue weighted by molar-refractivity contribution is 6.09. The standard InChI is InChI=1S/C48H46N4O6/c1-33(10-9-17-44(54)49(28-29-53)31-34-11-3-2-4-12-34)48(58)40-30-39(52-42-16-8-6-14-37(42)21-27-46(52)56)24-25-43(40)50(47(48)57)32-35-18-22-38(23-19-35)51-41-15-7-5-13-36(41)20-26-45(51)55/h2-16,18-19,22-25,30,33,53,58H,17,20-21,26-29,31-32H2,1H3/b10-9+/t33-,48+/m1/s1. The quantitative estimate of drug-likeness (QED) is 0.129. The molecule has 0 saturated carbocycles. The summed E-state index contributed by atoms with van der Waals surface area (Å²) in [6.07, 6.45) is 5.45. The molecule has 0 aromatic heterocycles. The van der Waals surface area contributed by atoms with Gasteiger partial charge in [-0.3, -0.25) is 29.0 Å². The average Bonchev–Trinajstić information content (AvgIpc) is 3.46. The van der Waals surface area contributed by atoms with Crippen LogP contribution >= 0.6 is 0 Å². The fraction of sp³-hybridized carbons (Fsp3) is 0.250. The van der Waals surface area contributed by atoms with E-state index in [2.05, 4.69) is 0 Å². The van der Waals surface area contributed by atoms with Gasteiger partial charge < -0.3 is 20.0 Å². The van der Waals surface area contributed by atoms with Crippen molar-refractivity contribution in [3.63, 3.8) is 0 Å². The van der Waals surface area contributed by atoms with Crippen molar-refractivity contribution in [3.05, 3.63) is 161 Å². The summed E-state index contributed by atoms with van der Waals surface area (Å²) in [5.41, 5.74) is 5.67. The lowest BCUT2D eigenvalue weighted by molar-refractivity contribution is -0.139. The number of aryl methyl sites for hydroxylation is 2. The van der Waals surface area contributed by atoms with Crippen LogP contribution in [0.2, 0.25) is 0 Å². The first-order chi connectivity index (χ1) is 28.2. The summed E-state index contributed by atoms with van der Waals surface area (Å²) < 4.78 is 0. The second-order valence-corrected chi connectivity index (χ2v) is 15.2. The Morgan fingerprint density at radius 1 is 0.724 bits per heavy atom. The van der Waals surface area contributed by atoms with Gasteiger partial charge in [-0.25, -0.2) is 0 Å². The number of hydrogen-bond donors (Lipinski definition) is 2. The van der Waals surface area contributed by atoms with Gasteiger partial charge in [-0.1, -0.05) is 97.9 Å². The van der Waals surface area contributed by atoms with Gasteiger partial charge in [0.25, 0.3) is 5.91 Å². The molecule has 5 aromatic carbocycles. The predicted molar refractivity (Wildman–Crippen MR) is 224 cm³/mol. The molecule has 0 fully saturated rings. The molecule has 5 aromatic rings. The molecule has 0 unspecified atom stereocenters. The lowest BCUT2D eigenvalue weighted by atomic mass is 9.82. The number of carbonyl (C=O) groups is 4. The van der Waals surface area contributed by atoms with Crippen molar-refractivity contribution in [3.8, 4) is 0 Å². The Labute approximate surface area is 338 Å². The molecular weight excluding hydrogens is 729 g/mol. The zero-order valence-electron chi connectivity index (χ0n) is 32.5. The summed E-state index contributed by atoms with van der Waals surface area (Å²) in [5.74, 6) is -1.55. The van der Waals surface area contributed by atoms with Crippen LogP contribution in [-0.2, 0) is 50.7 Å². The normalized spacial score (nSPS) is 18.0. The molecule has 2 N–H and O–H groups in total. The number of benzene rings is 5. The van der Waals surface area contributed by atoms with Crippen LogP contribution < -0.4 is 14.7 Å². The van der Waals surface area contributed by atoms with Crippen LogP contribution in [0, 0.1) is 5.92 Å². The summed E-state index contributed by atoms with van der Waals surface area (Å²) in [5, 5.41) is 22.4. The summed E-state index contributed by atoms with van der Waals surface area (Å²) in [6, 6.07) is 38.1. The number of anilines is 5. The Bertz CT molecular complexity index is 2400. The summed E-state index contributed by atoms with van der Waals surface area (Å²) in [7, 11) is 0. The minimum atomic E-state index is -2.03. The minimum absolute atomic E-state index is 0.00740. The van der Waals surface area contributed by atoms with Crippen molar-refractivity contribution < 1.29 is 29.4 Å². The topological polar surface area (TPSA) is 122 Å². The van der Waals surface area contributed by atoms with Gasteiger partial charge in [0.1, 0.15) is 0 Å². The Morgan fingerprint density at radius 2 is 1.31 bits per heavy atom. The van der Waals surface area contributed by atoms with Crippen LogP contribution in [0.4, 0.5) is 28.4 Å². The monoisotopic (exact) mass is 774 g/mol. The highest BCUT2D eigenvalue weighted by atomic mass is 16.3. The van der Waals surface area contributed by atoms with Crippen molar-refractivity contribution in [1.82, 2.24) is 4.90 Å². The maximum atomic E-state index is 14.7. The van der Waals surface area contributed by atoms with Crippen molar-refractivity contribution in [1.29, 1.82) is 0 Å². The van der Waals surface area contributed by atoms with E-state index in [1.165, 1.54) is 0 Å². The van der Waals surface area contributed by atoms with E-state index < -0.39 is 17.4 Å². The zero-order chi connectivity index (χ0) is 40.4. The first kappa shape index (κ1) is 38.5. The van der Waals surface area contributed by atoms with Gasteiger partial charge in [0.2, 0.25) is 17.7 Å². The molecule has 0 bridgehead atoms. The van der Waals surface area contributed by atoms with E-state index in [1.807, 2.05) is 109 Å². The molecule has 10 nitrogen and oxygen atoms in total. The molecule has 0 saturated heterocycles. The van der Waals surface area contributed by atoms with Gasteiger partial charge in [0, 0.05) is 55.2 Å². The van der Waals surface area contributed by atoms with Crippen molar-refractivity contribution in [2.75, 3.05) is 27.9 Å². The predicted octanol–water partition coefficient (Wildman–Crippen LogP) is 7.25. The van der Waals surface area contributed by atoms with Crippen LogP contribution in [0.25, 0.3) is 0 Å². The van der Waals surface area contributed by atoms with Crippen LogP contribution in [0.5, 0.6) is 0 Å². The first-order valence-electron chi connectivity index (χ1n) is 19.9. The van der Waals surface area contributed by atoms with Gasteiger partial charge in [-0.05, 0) is 77.6 Å². The smallest absolute Gasteiger partial charge is 0.264 e. The largest absolute Gasteiger partial charge is 0.395 e. The molecule has 0 spiro atoms. The van der Waals surface area contributed by atoms with Crippen LogP contribution in [0.1, 0.15) is 54.0 Å². The summed E-state index contributed by atoms with van der Waals surface area (Å²) in [4.78, 5) is 61.2. The SMILES string of the molecule is C[C@H](/C=C/CC(=O)N(CCO)Cc1ccccc1)[C@@]1(O)C(=O)N(Cc2ccc(N3C(=O)CCc4ccccc43)cc2)c2ccc(N3C(=O)CCc4ccccc43)cc21. The van der Waals surface area contributed by atoms with Crippen LogP contribution in [0.15, 0.2) is 133 Å². The lowest BCUT2D eigenvalue weighted by Gasteiger charge is -2.31. The third kappa shape index (κ3) is 7.21. The van der Waals surface area contributed by atoms with Crippen LogP contribution in [0.3, 0.4) is 0 Å². The van der Waals surface area contributed by atoms with E-state index >= 15 is 0 Å². The van der Waals surface area contributed by atoms with E-state index in [0.717, 1.165) is 39.3 Å². The lowest BCUT2D eigenvalue weighted by Crippen LogP contribution is -2.44. The Morgan fingerprint density at radius 3 is 1.95 bits per heavy atom. The van der Waals surface area contributed by atoms with Gasteiger partial charge in [-0.15, -0.1) is 0 Å². The number of carbonyl (C=O) groups excluding carboxylic acids is 4. The molecule has 3 aliphatic heterocycles. The van der Waals surface area contributed by atoms with E-state index in [9.17, 15) is 29.4 Å². The summed E-state index contributed by atoms with van der Waals surface area (Å²) >= 11 is 0. The molecule has 10 heteroatoms.